The van der Waals surface area contributed by atoms with E-state index in [1.165, 1.54) is 56.9 Å². The lowest BCUT2D eigenvalue weighted by Gasteiger charge is -2.29. The second-order valence-electron chi connectivity index (χ2n) is 6.51. The van der Waals surface area contributed by atoms with E-state index in [4.69, 9.17) is 5.26 Å². The van der Waals surface area contributed by atoms with E-state index in [1.807, 2.05) is 12.1 Å². The Morgan fingerprint density at radius 2 is 1.78 bits per heavy atom. The third kappa shape index (κ3) is 5.80. The molecule has 1 aromatic rings. The van der Waals surface area contributed by atoms with Crippen LogP contribution in [0.4, 0.5) is 8.78 Å². The summed E-state index contributed by atoms with van der Waals surface area (Å²) in [5.74, 6) is 1.44. The van der Waals surface area contributed by atoms with Crippen LogP contribution in [0.3, 0.4) is 0 Å². The molecule has 1 aromatic carbocycles. The minimum absolute atomic E-state index is 0.318. The number of hydrogen-bond acceptors (Lipinski definition) is 2. The Bertz CT molecular complexity index is 513. The molecule has 0 spiro atoms. The summed E-state index contributed by atoms with van der Waals surface area (Å²) >= 11 is 0.318. The molecule has 0 aliphatic heterocycles. The van der Waals surface area contributed by atoms with Crippen LogP contribution in [0.15, 0.2) is 29.2 Å². The fourth-order valence-corrected chi connectivity index (χ4v) is 4.06. The highest BCUT2D eigenvalue weighted by Gasteiger charge is 2.30. The van der Waals surface area contributed by atoms with E-state index in [0.29, 0.717) is 22.6 Å². The molecule has 0 bridgehead atoms. The molecule has 0 saturated heterocycles. The molecule has 0 amide bonds. The van der Waals surface area contributed by atoms with Crippen LogP contribution in [0.25, 0.3) is 0 Å². The minimum Gasteiger partial charge on any atom is -0.191 e. The van der Waals surface area contributed by atoms with E-state index in [1.54, 1.807) is 12.1 Å². The summed E-state index contributed by atoms with van der Waals surface area (Å²) in [5, 5.41) is 5.05. The maximum absolute atomic E-state index is 13.1. The molecule has 0 unspecified atom stereocenters. The highest BCUT2D eigenvalue weighted by atomic mass is 32.2. The van der Waals surface area contributed by atoms with Crippen LogP contribution in [0.1, 0.15) is 69.8 Å². The van der Waals surface area contributed by atoms with Crippen LogP contribution >= 0.6 is 11.8 Å². The molecule has 2 rings (SSSR count). The Hall–Kier alpha value is -1.08. The maximum Gasteiger partial charge on any atom is 0.384 e. The second kappa shape index (κ2) is 8.68. The van der Waals surface area contributed by atoms with E-state index < -0.39 is 5.25 Å². The molecule has 1 aliphatic carbocycles. The van der Waals surface area contributed by atoms with Gasteiger partial charge in [-0.1, -0.05) is 44.7 Å². The van der Waals surface area contributed by atoms with Crippen molar-refractivity contribution in [1.82, 2.24) is 0 Å². The first-order valence-electron chi connectivity index (χ1n) is 8.62. The van der Waals surface area contributed by atoms with E-state index in [9.17, 15) is 8.78 Å². The van der Waals surface area contributed by atoms with Crippen LogP contribution in [-0.4, -0.2) is 5.25 Å². The van der Waals surface area contributed by atoms with Gasteiger partial charge in [-0.2, -0.15) is 14.0 Å². The van der Waals surface area contributed by atoms with Gasteiger partial charge < -0.3 is 0 Å². The smallest absolute Gasteiger partial charge is 0.191 e. The zero-order valence-corrected chi connectivity index (χ0v) is 14.5. The fraction of sp³-hybridized carbons (Fsp3) is 0.632. The van der Waals surface area contributed by atoms with Crippen molar-refractivity contribution < 1.29 is 8.78 Å². The number of nitriles is 1. The van der Waals surface area contributed by atoms with Crippen molar-refractivity contribution in [3.63, 3.8) is 0 Å². The summed E-state index contributed by atoms with van der Waals surface area (Å²) in [6, 6.07) is 8.38. The van der Waals surface area contributed by atoms with Crippen molar-refractivity contribution in [2.24, 2.45) is 5.92 Å². The number of unbranched alkanes of at least 4 members (excludes halogenated alkanes) is 2. The molecule has 23 heavy (non-hydrogen) atoms. The van der Waals surface area contributed by atoms with Crippen molar-refractivity contribution in [2.75, 3.05) is 0 Å². The third-order valence-electron chi connectivity index (χ3n) is 4.79. The number of alkyl halides is 2. The number of rotatable bonds is 7. The van der Waals surface area contributed by atoms with Gasteiger partial charge in [0.25, 0.3) is 0 Å². The Kier molecular flexibility index (Phi) is 6.89. The number of hydrogen-bond donors (Lipinski definition) is 0. The van der Waals surface area contributed by atoms with Gasteiger partial charge in [0.2, 0.25) is 0 Å². The molecule has 0 heterocycles. The first kappa shape index (κ1) is 18.3. The maximum atomic E-state index is 13.1. The normalized spacial score (nSPS) is 21.8. The van der Waals surface area contributed by atoms with Crippen molar-refractivity contribution in [2.45, 2.75) is 74.4 Å². The standard InChI is InChI=1S/C19H25F2NS/c1-2-3-4-5-15-6-8-16(9-7-15)17-10-12-18(13-11-17)23-19(20,21)14-22/h10-13,15-16H,2-9H2,1H3/t15-,16-. The van der Waals surface area contributed by atoms with Crippen molar-refractivity contribution in [3.05, 3.63) is 29.8 Å². The van der Waals surface area contributed by atoms with Gasteiger partial charge in [-0.25, -0.2) is 0 Å². The van der Waals surface area contributed by atoms with Gasteiger partial charge in [0.15, 0.2) is 6.07 Å². The molecule has 1 aliphatic rings. The van der Waals surface area contributed by atoms with Crippen LogP contribution < -0.4 is 0 Å². The summed E-state index contributed by atoms with van der Waals surface area (Å²) < 4.78 is 26.1. The van der Waals surface area contributed by atoms with Crippen LogP contribution in [0.5, 0.6) is 0 Å². The molecular weight excluding hydrogens is 312 g/mol. The lowest BCUT2D eigenvalue weighted by atomic mass is 9.77. The molecule has 1 nitrogen and oxygen atoms in total. The number of thioether (sulfide) groups is 1. The Labute approximate surface area is 142 Å². The average molecular weight is 337 g/mol. The van der Waals surface area contributed by atoms with Crippen molar-refractivity contribution in [3.8, 4) is 6.07 Å². The molecule has 1 fully saturated rings. The van der Waals surface area contributed by atoms with Gasteiger partial charge >= 0.3 is 5.25 Å². The highest BCUT2D eigenvalue weighted by molar-refractivity contribution is 8.00. The third-order valence-corrected chi connectivity index (χ3v) is 5.65. The van der Waals surface area contributed by atoms with Crippen LogP contribution in [0.2, 0.25) is 0 Å². The molecule has 1 saturated carbocycles. The van der Waals surface area contributed by atoms with Gasteiger partial charge in [-0.15, -0.1) is 0 Å². The predicted octanol–water partition coefficient (Wildman–Crippen LogP) is 6.75. The Balaban J connectivity index is 1.83. The SMILES string of the molecule is CCCCC[C@H]1CC[C@H](c2ccc(SC(F)(F)C#N)cc2)CC1. The molecule has 126 valence electrons. The van der Waals surface area contributed by atoms with E-state index >= 15 is 0 Å². The van der Waals surface area contributed by atoms with Crippen molar-refractivity contribution >= 4 is 11.8 Å². The number of benzene rings is 1. The fourth-order valence-electron chi connectivity index (χ4n) is 3.45. The topological polar surface area (TPSA) is 23.8 Å². The second-order valence-corrected chi connectivity index (χ2v) is 7.70. The molecule has 0 aromatic heterocycles. The van der Waals surface area contributed by atoms with Crippen LogP contribution in [-0.2, 0) is 0 Å². The first-order valence-corrected chi connectivity index (χ1v) is 9.43. The summed E-state index contributed by atoms with van der Waals surface area (Å²) in [6.07, 6.45) is 10.3. The van der Waals surface area contributed by atoms with Crippen molar-refractivity contribution in [1.29, 1.82) is 5.26 Å². The van der Waals surface area contributed by atoms with Gasteiger partial charge in [0.1, 0.15) is 0 Å². The largest absolute Gasteiger partial charge is 0.384 e. The van der Waals surface area contributed by atoms with E-state index in [-0.39, 0.29) is 0 Å². The van der Waals surface area contributed by atoms with E-state index in [2.05, 4.69) is 6.92 Å². The van der Waals surface area contributed by atoms with Gasteiger partial charge in [-0.05, 0) is 67.0 Å². The molecule has 0 N–H and O–H groups in total. The molecular formula is C19H25F2NS. The van der Waals surface area contributed by atoms with Gasteiger partial charge in [-0.3, -0.25) is 0 Å². The highest BCUT2D eigenvalue weighted by Crippen LogP contribution is 2.39. The van der Waals surface area contributed by atoms with Gasteiger partial charge in [0, 0.05) is 4.90 Å². The van der Waals surface area contributed by atoms with Crippen LogP contribution in [0, 0.1) is 17.2 Å². The zero-order chi connectivity index (χ0) is 16.7. The Morgan fingerprint density at radius 3 is 2.35 bits per heavy atom. The van der Waals surface area contributed by atoms with Gasteiger partial charge in [0.05, 0.1) is 0 Å². The predicted molar refractivity (Wildman–Crippen MR) is 91.7 cm³/mol. The molecule has 0 radical (unpaired) electrons. The quantitative estimate of drug-likeness (QED) is 0.406. The number of halogens is 2. The zero-order valence-electron chi connectivity index (χ0n) is 13.7. The molecule has 4 heteroatoms. The van der Waals surface area contributed by atoms with E-state index in [0.717, 1.165) is 12.0 Å². The summed E-state index contributed by atoms with van der Waals surface area (Å²) in [7, 11) is 0. The lowest BCUT2D eigenvalue weighted by Crippen LogP contribution is -2.13. The monoisotopic (exact) mass is 337 g/mol. The number of nitrogens with zero attached hydrogens (tertiary/aromatic N) is 1. The minimum atomic E-state index is -3.35. The summed E-state index contributed by atoms with van der Waals surface area (Å²) in [4.78, 5) is 0.452. The lowest BCUT2D eigenvalue weighted by molar-refractivity contribution is 0.171. The Morgan fingerprint density at radius 1 is 1.13 bits per heavy atom. The average Bonchev–Trinajstić information content (AvgIpc) is 2.56. The molecule has 0 atom stereocenters. The summed E-state index contributed by atoms with van der Waals surface area (Å²) in [6.45, 7) is 2.24. The first-order chi connectivity index (χ1) is 11.0. The summed E-state index contributed by atoms with van der Waals surface area (Å²) in [5.41, 5.74) is 1.25.